The minimum Gasteiger partial charge on any atom is -0.448 e. The van der Waals surface area contributed by atoms with Crippen molar-refractivity contribution in [3.05, 3.63) is 71.3 Å². The average molecular weight is 708 g/mol. The minimum atomic E-state index is -4.41. The maximum Gasteiger partial charge on any atom is 0.410 e. The van der Waals surface area contributed by atoms with Crippen LogP contribution in [0.4, 0.5) is 4.79 Å². The summed E-state index contributed by atoms with van der Waals surface area (Å²) in [6, 6.07) is 16.4. The van der Waals surface area contributed by atoms with Crippen molar-refractivity contribution in [2.45, 2.75) is 71.6 Å². The molecule has 47 heavy (non-hydrogen) atoms. The molecule has 1 aliphatic carbocycles. The molecular formula is C31H37N3O10S3. The molecule has 1 aromatic heterocycles. The summed E-state index contributed by atoms with van der Waals surface area (Å²) in [5, 5.41) is 15.7. The minimum absolute atomic E-state index is 0.00739. The Labute approximate surface area is 277 Å². The lowest BCUT2D eigenvalue weighted by molar-refractivity contribution is -0.492. The number of hydrogen-bond donors (Lipinski definition) is 3. The Morgan fingerprint density at radius 2 is 1.64 bits per heavy atom. The number of rotatable bonds is 13. The smallest absolute Gasteiger partial charge is 0.410 e. The molecule has 3 N–H and O–H groups in total. The molecule has 0 spiro atoms. The van der Waals surface area contributed by atoms with Crippen molar-refractivity contribution in [1.82, 2.24) is 15.0 Å². The van der Waals surface area contributed by atoms with Crippen molar-refractivity contribution in [1.29, 1.82) is 0 Å². The van der Waals surface area contributed by atoms with E-state index in [1.54, 1.807) is 6.92 Å². The maximum atomic E-state index is 13.6. The van der Waals surface area contributed by atoms with Gasteiger partial charge >= 0.3 is 6.09 Å². The van der Waals surface area contributed by atoms with Gasteiger partial charge < -0.3 is 9.64 Å². The van der Waals surface area contributed by atoms with Crippen molar-refractivity contribution in [2.24, 2.45) is 0 Å². The second kappa shape index (κ2) is 14.4. The Balaban J connectivity index is 1.31. The molecule has 2 aromatic carbocycles. The molecule has 1 aliphatic heterocycles. The Bertz CT molecular complexity index is 1800. The molecule has 0 fully saturated rings. The van der Waals surface area contributed by atoms with Crippen LogP contribution in [-0.2, 0) is 34.2 Å². The number of thiophene rings is 1. The maximum absolute atomic E-state index is 13.6. The molecule has 2 atom stereocenters. The van der Waals surface area contributed by atoms with Gasteiger partial charge in [-0.05, 0) is 61.4 Å². The first-order valence-corrected chi connectivity index (χ1v) is 19.1. The van der Waals surface area contributed by atoms with Gasteiger partial charge in [0.05, 0.1) is 23.3 Å². The van der Waals surface area contributed by atoms with Crippen molar-refractivity contribution >= 4 is 43.2 Å². The van der Waals surface area contributed by atoms with E-state index in [9.17, 15) is 26.4 Å². The number of amides is 2. The van der Waals surface area contributed by atoms with Gasteiger partial charge in [-0.2, -0.15) is 0 Å². The van der Waals surface area contributed by atoms with Crippen molar-refractivity contribution < 1.29 is 46.4 Å². The Hall–Kier alpha value is -3.38. The summed E-state index contributed by atoms with van der Waals surface area (Å²) in [7, 11) is -8.31. The van der Waals surface area contributed by atoms with Crippen LogP contribution in [0.3, 0.4) is 0 Å². The van der Waals surface area contributed by atoms with Gasteiger partial charge in [0.2, 0.25) is 5.91 Å². The Kier molecular flexibility index (Phi) is 10.7. The monoisotopic (exact) mass is 707 g/mol. The summed E-state index contributed by atoms with van der Waals surface area (Å²) in [5.41, 5.74) is 4.44. The summed E-state index contributed by atoms with van der Waals surface area (Å²) in [6.45, 7) is 3.51. The fourth-order valence-electron chi connectivity index (χ4n) is 6.11. The number of sulfone groups is 1. The standard InChI is InChI=1S/C31H37N3O10S3/c1-3-33(31(36)43-19-26-23-13-8-6-11-21(23)22-12-7-9-14-24(22)26)27-17-20(2)46(39,40)30-25(27)18-29(45-30)47(41,42)32-28(35)15-5-4-10-16-44-34(37)38/h6-9,11-14,18,20,26-27,37-38H,3-5,10,15-17,19H2,1-2H3,(H,32,35)/t20?,27-/m0/s1. The summed E-state index contributed by atoms with van der Waals surface area (Å²) in [6.07, 6.45) is 0.429. The third-order valence-electron chi connectivity index (χ3n) is 8.46. The molecule has 254 valence electrons. The van der Waals surface area contributed by atoms with E-state index in [0.717, 1.165) is 22.3 Å². The van der Waals surface area contributed by atoms with Crippen molar-refractivity contribution in [2.75, 3.05) is 19.8 Å². The molecule has 0 radical (unpaired) electrons. The van der Waals surface area contributed by atoms with Gasteiger partial charge in [0.1, 0.15) is 15.0 Å². The molecular weight excluding hydrogens is 671 g/mol. The lowest BCUT2D eigenvalue weighted by atomic mass is 9.98. The second-order valence-electron chi connectivity index (χ2n) is 11.4. The number of carbonyl (C=O) groups excluding carboxylic acids is 2. The largest absolute Gasteiger partial charge is 0.448 e. The Morgan fingerprint density at radius 1 is 1.00 bits per heavy atom. The molecule has 2 aliphatic rings. The average Bonchev–Trinajstić information content (AvgIpc) is 3.62. The first-order valence-electron chi connectivity index (χ1n) is 15.2. The highest BCUT2D eigenvalue weighted by Crippen LogP contribution is 2.47. The summed E-state index contributed by atoms with van der Waals surface area (Å²) in [4.78, 5) is 31.9. The van der Waals surface area contributed by atoms with Crippen LogP contribution in [0.1, 0.15) is 74.6 Å². The van der Waals surface area contributed by atoms with Crippen LogP contribution in [0, 0.1) is 0 Å². The zero-order valence-corrected chi connectivity index (χ0v) is 28.3. The number of unbranched alkanes of at least 4 members (excludes halogenated alkanes) is 2. The van der Waals surface area contributed by atoms with Crippen LogP contribution in [0.25, 0.3) is 11.1 Å². The molecule has 2 heterocycles. The molecule has 0 bridgehead atoms. The highest BCUT2D eigenvalue weighted by atomic mass is 32.3. The van der Waals surface area contributed by atoms with Crippen LogP contribution in [0.2, 0.25) is 0 Å². The molecule has 5 rings (SSSR count). The van der Waals surface area contributed by atoms with Gasteiger partial charge in [0.25, 0.3) is 10.0 Å². The van der Waals surface area contributed by atoms with Crippen molar-refractivity contribution in [3.63, 3.8) is 0 Å². The first kappa shape index (κ1) is 34.9. The highest BCUT2D eigenvalue weighted by Gasteiger charge is 2.43. The number of sulfonamides is 1. The van der Waals surface area contributed by atoms with E-state index in [0.29, 0.717) is 30.6 Å². The van der Waals surface area contributed by atoms with Gasteiger partial charge in [-0.25, -0.2) is 26.4 Å². The first-order chi connectivity index (χ1) is 22.3. The second-order valence-corrected chi connectivity index (χ2v) is 17.0. The van der Waals surface area contributed by atoms with Gasteiger partial charge in [0, 0.05) is 24.4 Å². The van der Waals surface area contributed by atoms with E-state index in [2.05, 4.69) is 4.84 Å². The highest BCUT2D eigenvalue weighted by molar-refractivity contribution is 7.95. The topological polar surface area (TPSA) is 180 Å². The fraction of sp³-hybridized carbons (Fsp3) is 0.419. The lowest BCUT2D eigenvalue weighted by Crippen LogP contribution is -2.40. The van der Waals surface area contributed by atoms with Crippen LogP contribution < -0.4 is 4.72 Å². The summed E-state index contributed by atoms with van der Waals surface area (Å²) >= 11 is 0.556. The molecule has 0 saturated carbocycles. The predicted molar refractivity (Wildman–Crippen MR) is 171 cm³/mol. The third-order valence-corrected chi connectivity index (χ3v) is 14.2. The van der Waals surface area contributed by atoms with Crippen LogP contribution in [0.5, 0.6) is 0 Å². The van der Waals surface area contributed by atoms with E-state index >= 15 is 0 Å². The van der Waals surface area contributed by atoms with Gasteiger partial charge in [-0.3, -0.25) is 20.0 Å². The van der Waals surface area contributed by atoms with Gasteiger partial charge in [-0.1, -0.05) is 55.0 Å². The molecule has 13 nitrogen and oxygen atoms in total. The predicted octanol–water partition coefficient (Wildman–Crippen LogP) is 5.00. The number of ether oxygens (including phenoxy) is 1. The number of benzene rings is 2. The van der Waals surface area contributed by atoms with E-state index < -0.39 is 48.5 Å². The lowest BCUT2D eigenvalue weighted by Gasteiger charge is -2.35. The number of nitrogens with zero attached hydrogens (tertiary/aromatic N) is 2. The number of fused-ring (bicyclic) bond motifs is 4. The molecule has 3 aromatic rings. The van der Waals surface area contributed by atoms with E-state index in [-0.39, 0.29) is 52.5 Å². The zero-order chi connectivity index (χ0) is 33.9. The van der Waals surface area contributed by atoms with Crippen LogP contribution in [0.15, 0.2) is 63.0 Å². The molecule has 2 amide bonds. The quantitative estimate of drug-likeness (QED) is 0.161. The van der Waals surface area contributed by atoms with Crippen LogP contribution in [-0.4, -0.2) is 74.5 Å². The zero-order valence-electron chi connectivity index (χ0n) is 25.9. The molecule has 16 heteroatoms. The molecule has 0 saturated heterocycles. The van der Waals surface area contributed by atoms with Gasteiger partial charge in [-0.15, -0.1) is 11.3 Å². The van der Waals surface area contributed by atoms with Crippen LogP contribution >= 0.6 is 11.3 Å². The number of hydrogen-bond acceptors (Lipinski definition) is 12. The summed E-state index contributed by atoms with van der Waals surface area (Å²) < 4.78 is 60.5. The molecule has 1 unspecified atom stereocenters. The normalized spacial score (nSPS) is 18.3. The Morgan fingerprint density at radius 3 is 2.26 bits per heavy atom. The number of nitrogens with one attached hydrogen (secondary N) is 1. The van der Waals surface area contributed by atoms with E-state index in [1.165, 1.54) is 17.9 Å². The van der Waals surface area contributed by atoms with E-state index in [4.69, 9.17) is 15.2 Å². The van der Waals surface area contributed by atoms with Gasteiger partial charge in [0.15, 0.2) is 9.84 Å². The summed E-state index contributed by atoms with van der Waals surface area (Å²) in [5.74, 6) is -0.947. The number of carbonyl (C=O) groups is 2. The van der Waals surface area contributed by atoms with Crippen molar-refractivity contribution in [3.8, 4) is 11.1 Å². The van der Waals surface area contributed by atoms with E-state index in [1.807, 2.05) is 53.3 Å². The third kappa shape index (κ3) is 7.38. The fourth-order valence-corrected chi connectivity index (χ4v) is 11.1. The SMILES string of the molecule is CCN(C(=O)OCC1c2ccccc2-c2ccccc21)[C@H]1CC(C)S(=O)(=O)c2sc(S(=O)(=O)NC(=O)CCCCCON(O)O)cc21.